The Hall–Kier alpha value is -3.70. The molecule has 0 aromatic heterocycles. The molecule has 36 heavy (non-hydrogen) atoms. The number of hydrogen-bond donors (Lipinski definition) is 2. The Labute approximate surface area is 215 Å². The van der Waals surface area contributed by atoms with E-state index in [-0.39, 0.29) is 22.9 Å². The first kappa shape index (κ1) is 25.4. The summed E-state index contributed by atoms with van der Waals surface area (Å²) in [4.78, 5) is 26.0. The van der Waals surface area contributed by atoms with Crippen molar-refractivity contribution in [3.8, 4) is 17.6 Å². The molecule has 1 atom stereocenters. The summed E-state index contributed by atoms with van der Waals surface area (Å²) >= 11 is 1.26. The number of amides is 1. The van der Waals surface area contributed by atoms with E-state index in [4.69, 9.17) is 9.47 Å². The van der Waals surface area contributed by atoms with Crippen LogP contribution in [0, 0.1) is 16.7 Å². The van der Waals surface area contributed by atoms with E-state index in [2.05, 4.69) is 30.6 Å². The first-order valence-corrected chi connectivity index (χ1v) is 12.6. The number of methoxy groups -OCH3 is 2. The third kappa shape index (κ3) is 5.26. The number of nitrogens with one attached hydrogen (secondary N) is 2. The Morgan fingerprint density at radius 3 is 2.53 bits per heavy atom. The molecule has 1 heterocycles. The first-order valence-electron chi connectivity index (χ1n) is 11.6. The van der Waals surface area contributed by atoms with Crippen molar-refractivity contribution in [1.82, 2.24) is 5.32 Å². The van der Waals surface area contributed by atoms with E-state index in [9.17, 15) is 14.9 Å². The number of dihydropyridines is 1. The molecule has 2 aromatic carbocycles. The maximum Gasteiger partial charge on any atom is 0.234 e. The largest absolute Gasteiger partial charge is 0.493 e. The van der Waals surface area contributed by atoms with Gasteiger partial charge in [0, 0.05) is 23.4 Å². The smallest absolute Gasteiger partial charge is 0.234 e. The maximum absolute atomic E-state index is 13.4. The molecule has 0 saturated carbocycles. The summed E-state index contributed by atoms with van der Waals surface area (Å²) in [5.41, 5.74) is 3.08. The summed E-state index contributed by atoms with van der Waals surface area (Å²) in [5, 5.41) is 17.1. The molecule has 0 spiro atoms. The zero-order valence-corrected chi connectivity index (χ0v) is 21.6. The fourth-order valence-corrected chi connectivity index (χ4v) is 5.57. The van der Waals surface area contributed by atoms with Crippen LogP contribution in [0.3, 0.4) is 0 Å². The van der Waals surface area contributed by atoms with Crippen molar-refractivity contribution in [2.24, 2.45) is 5.41 Å². The molecular weight excluding hydrogens is 474 g/mol. The van der Waals surface area contributed by atoms with Gasteiger partial charge in [0.2, 0.25) is 5.91 Å². The number of hydrogen-bond acceptors (Lipinski definition) is 7. The lowest BCUT2D eigenvalue weighted by Crippen LogP contribution is -2.37. The number of allylic oxidation sites excluding steroid dienone is 3. The Bertz CT molecular complexity index is 1290. The van der Waals surface area contributed by atoms with Crippen LogP contribution in [0.2, 0.25) is 0 Å². The third-order valence-electron chi connectivity index (χ3n) is 6.27. The highest BCUT2D eigenvalue weighted by Gasteiger charge is 2.42. The minimum atomic E-state index is -0.561. The van der Waals surface area contributed by atoms with Crippen LogP contribution in [0.25, 0.3) is 0 Å². The van der Waals surface area contributed by atoms with E-state index in [0.717, 1.165) is 11.3 Å². The molecule has 2 N–H and O–H groups in total. The molecule has 7 nitrogen and oxygen atoms in total. The maximum atomic E-state index is 13.4. The van der Waals surface area contributed by atoms with Crippen LogP contribution in [-0.4, -0.2) is 31.7 Å². The second-order valence-electron chi connectivity index (χ2n) is 9.56. The summed E-state index contributed by atoms with van der Waals surface area (Å²) in [6.45, 7) is 4.12. The number of carbonyl (C=O) groups is 2. The summed E-state index contributed by atoms with van der Waals surface area (Å²) in [5.74, 6) is 0.478. The van der Waals surface area contributed by atoms with Crippen LogP contribution >= 0.6 is 11.8 Å². The number of benzene rings is 2. The van der Waals surface area contributed by atoms with Gasteiger partial charge < -0.3 is 20.1 Å². The predicted molar refractivity (Wildman–Crippen MR) is 141 cm³/mol. The number of ketones is 1. The number of rotatable bonds is 7. The number of ether oxygens (including phenoxy) is 2. The quantitative estimate of drug-likeness (QED) is 0.539. The van der Waals surface area contributed by atoms with Crippen molar-refractivity contribution < 1.29 is 19.1 Å². The zero-order chi connectivity index (χ0) is 25.9. The van der Waals surface area contributed by atoms with Gasteiger partial charge in [-0.1, -0.05) is 49.9 Å². The molecule has 4 rings (SSSR count). The summed E-state index contributed by atoms with van der Waals surface area (Å²) in [6.07, 6.45) is 1.06. The van der Waals surface area contributed by atoms with Gasteiger partial charge in [-0.15, -0.1) is 0 Å². The summed E-state index contributed by atoms with van der Waals surface area (Å²) < 4.78 is 10.9. The molecule has 1 amide bonds. The van der Waals surface area contributed by atoms with Gasteiger partial charge in [0.15, 0.2) is 17.3 Å². The highest BCUT2D eigenvalue weighted by atomic mass is 32.2. The van der Waals surface area contributed by atoms with Crippen molar-refractivity contribution >= 4 is 29.1 Å². The van der Waals surface area contributed by atoms with Crippen molar-refractivity contribution in [3.63, 3.8) is 0 Å². The van der Waals surface area contributed by atoms with Crippen LogP contribution in [0.5, 0.6) is 11.5 Å². The van der Waals surface area contributed by atoms with Crippen molar-refractivity contribution in [2.45, 2.75) is 32.6 Å². The molecule has 0 radical (unpaired) electrons. The lowest BCUT2D eigenvalue weighted by molar-refractivity contribution is -0.118. The number of nitrogens with zero attached hydrogens (tertiary/aromatic N) is 1. The highest BCUT2D eigenvalue weighted by molar-refractivity contribution is 8.03. The lowest BCUT2D eigenvalue weighted by Gasteiger charge is -2.39. The number of nitriles is 1. The van der Waals surface area contributed by atoms with Gasteiger partial charge >= 0.3 is 0 Å². The molecule has 0 bridgehead atoms. The fourth-order valence-electron chi connectivity index (χ4n) is 4.71. The molecule has 186 valence electrons. The zero-order valence-electron chi connectivity index (χ0n) is 20.8. The van der Waals surface area contributed by atoms with Gasteiger partial charge in [-0.2, -0.15) is 5.26 Å². The van der Waals surface area contributed by atoms with Crippen LogP contribution in [0.15, 0.2) is 70.4 Å². The second-order valence-corrected chi connectivity index (χ2v) is 10.5. The van der Waals surface area contributed by atoms with E-state index in [0.29, 0.717) is 46.2 Å². The first-order chi connectivity index (χ1) is 17.3. The van der Waals surface area contributed by atoms with Gasteiger partial charge in [-0.25, -0.2) is 0 Å². The lowest BCUT2D eigenvalue weighted by atomic mass is 9.69. The molecule has 2 aromatic rings. The molecule has 1 unspecified atom stereocenters. The van der Waals surface area contributed by atoms with E-state index in [1.54, 1.807) is 20.3 Å². The van der Waals surface area contributed by atoms with Gasteiger partial charge in [0.05, 0.1) is 42.6 Å². The van der Waals surface area contributed by atoms with Crippen molar-refractivity contribution in [3.05, 3.63) is 76.0 Å². The Kier molecular flexibility index (Phi) is 7.41. The summed E-state index contributed by atoms with van der Waals surface area (Å²) in [6, 6.07) is 17.0. The van der Waals surface area contributed by atoms with E-state index in [1.807, 2.05) is 42.5 Å². The Morgan fingerprint density at radius 1 is 1.14 bits per heavy atom. The van der Waals surface area contributed by atoms with Crippen LogP contribution in [-0.2, 0) is 9.59 Å². The predicted octanol–water partition coefficient (Wildman–Crippen LogP) is 5.14. The standard InChI is InChI=1S/C28H29N3O4S/c1-28(2)13-20-26(21(32)14-28)25(17-10-11-22(34-3)23(12-17)35-4)19(15-29)27(31-20)36-16-24(33)30-18-8-6-5-7-9-18/h5-12,25,31H,13-14,16H2,1-4H3,(H,30,33). The SMILES string of the molecule is COc1ccc(C2C(C#N)=C(SCC(=O)Nc3ccccc3)NC3=C2C(=O)CC(C)(C)C3)cc1OC. The van der Waals surface area contributed by atoms with Gasteiger partial charge in [0.25, 0.3) is 0 Å². The molecule has 2 aliphatic rings. The molecule has 1 aliphatic carbocycles. The summed E-state index contributed by atoms with van der Waals surface area (Å²) in [7, 11) is 3.11. The van der Waals surface area contributed by atoms with Crippen LogP contribution < -0.4 is 20.1 Å². The van der Waals surface area contributed by atoms with Gasteiger partial charge in [-0.05, 0) is 41.7 Å². The number of para-hydroxylation sites is 1. The Morgan fingerprint density at radius 2 is 1.86 bits per heavy atom. The van der Waals surface area contributed by atoms with E-state index < -0.39 is 5.92 Å². The van der Waals surface area contributed by atoms with Crippen molar-refractivity contribution in [1.29, 1.82) is 5.26 Å². The third-order valence-corrected chi connectivity index (χ3v) is 7.29. The minimum Gasteiger partial charge on any atom is -0.493 e. The van der Waals surface area contributed by atoms with Gasteiger partial charge in [-0.3, -0.25) is 9.59 Å². The number of Topliss-reactive ketones (excluding diaryl/α,β-unsaturated/α-hetero) is 1. The molecule has 0 saturated heterocycles. The van der Waals surface area contributed by atoms with E-state index >= 15 is 0 Å². The molecule has 8 heteroatoms. The monoisotopic (exact) mass is 503 g/mol. The van der Waals surface area contributed by atoms with Crippen molar-refractivity contribution in [2.75, 3.05) is 25.3 Å². The van der Waals surface area contributed by atoms with Crippen LogP contribution in [0.4, 0.5) is 5.69 Å². The molecule has 1 aliphatic heterocycles. The average molecular weight is 504 g/mol. The second kappa shape index (κ2) is 10.5. The number of thioether (sulfide) groups is 1. The fraction of sp³-hybridized carbons (Fsp3) is 0.321. The Balaban J connectivity index is 1.71. The topological polar surface area (TPSA) is 100 Å². The average Bonchev–Trinajstić information content (AvgIpc) is 2.86. The highest BCUT2D eigenvalue weighted by Crippen LogP contribution is 2.48. The number of carbonyl (C=O) groups excluding carboxylic acids is 2. The number of anilines is 1. The molecule has 0 fully saturated rings. The minimum absolute atomic E-state index is 0.0205. The molecular formula is C28H29N3O4S. The normalized spacial score (nSPS) is 18.6. The van der Waals surface area contributed by atoms with Gasteiger partial charge in [0.1, 0.15) is 0 Å². The van der Waals surface area contributed by atoms with Crippen LogP contribution in [0.1, 0.15) is 38.2 Å². The van der Waals surface area contributed by atoms with E-state index in [1.165, 1.54) is 11.8 Å².